The van der Waals surface area contributed by atoms with Crippen LogP contribution in [0.25, 0.3) is 0 Å². The van der Waals surface area contributed by atoms with Gasteiger partial charge in [0.25, 0.3) is 0 Å². The van der Waals surface area contributed by atoms with E-state index < -0.39 is 17.5 Å². The van der Waals surface area contributed by atoms with E-state index in [-0.39, 0.29) is 18.5 Å². The van der Waals surface area contributed by atoms with Gasteiger partial charge >= 0.3 is 0 Å². The van der Waals surface area contributed by atoms with Crippen LogP contribution in [0.2, 0.25) is 0 Å². The first kappa shape index (κ1) is 14.8. The third kappa shape index (κ3) is 2.96. The number of hydrogen-bond acceptors (Lipinski definition) is 2. The predicted molar refractivity (Wildman–Crippen MR) is 77.5 cm³/mol. The average molecular weight is 283 g/mol. The number of hydrogen-bond donors (Lipinski definition) is 0. The van der Waals surface area contributed by atoms with Gasteiger partial charge in [0, 0.05) is 11.1 Å². The van der Waals surface area contributed by atoms with Crippen molar-refractivity contribution in [1.29, 1.82) is 0 Å². The van der Waals surface area contributed by atoms with E-state index in [0.717, 1.165) is 16.0 Å². The first-order chi connectivity index (χ1) is 8.70. The molecule has 1 aromatic rings. The number of nitrogens with zero attached hydrogens (tertiary/aromatic N) is 1. The van der Waals surface area contributed by atoms with Gasteiger partial charge in [-0.3, -0.25) is 0 Å². The molecule has 1 atom stereocenters. The van der Waals surface area contributed by atoms with E-state index in [2.05, 4.69) is 32.9 Å². The van der Waals surface area contributed by atoms with Crippen molar-refractivity contribution >= 4 is 11.4 Å². The van der Waals surface area contributed by atoms with Crippen LogP contribution in [0.1, 0.15) is 37.5 Å². The first-order valence-electron chi connectivity index (χ1n) is 6.63. The second-order valence-electron chi connectivity index (χ2n) is 6.38. The Morgan fingerprint density at radius 3 is 2.05 bits per heavy atom. The van der Waals surface area contributed by atoms with Crippen molar-refractivity contribution in [1.82, 2.24) is 4.31 Å². The van der Waals surface area contributed by atoms with Crippen molar-refractivity contribution in [3.8, 4) is 0 Å². The van der Waals surface area contributed by atoms with Crippen LogP contribution in [-0.2, 0) is 16.8 Å². The van der Waals surface area contributed by atoms with E-state index in [9.17, 15) is 8.94 Å². The molecule has 1 fully saturated rings. The Hall–Kier alpha value is -0.580. The molecular weight excluding hydrogens is 261 g/mol. The molecule has 106 valence electrons. The molecule has 0 saturated carbocycles. The maximum Gasteiger partial charge on any atom is 0.179 e. The number of alkyl halides is 1. The van der Waals surface area contributed by atoms with E-state index in [1.165, 1.54) is 5.56 Å². The van der Waals surface area contributed by atoms with Crippen LogP contribution in [-0.4, -0.2) is 28.1 Å². The summed E-state index contributed by atoms with van der Waals surface area (Å²) in [5.74, 6) is 0. The van der Waals surface area contributed by atoms with Gasteiger partial charge in [-0.2, -0.15) is 0 Å². The molecule has 1 aromatic carbocycles. The van der Waals surface area contributed by atoms with Crippen LogP contribution in [0.5, 0.6) is 0 Å². The van der Waals surface area contributed by atoms with E-state index >= 15 is 0 Å². The van der Waals surface area contributed by atoms with E-state index in [1.807, 2.05) is 13.8 Å². The van der Waals surface area contributed by atoms with Gasteiger partial charge in [0.2, 0.25) is 0 Å². The Balaban J connectivity index is 2.32. The highest BCUT2D eigenvalue weighted by Crippen LogP contribution is 2.32. The van der Waals surface area contributed by atoms with Gasteiger partial charge in [0.15, 0.2) is 4.90 Å². The fourth-order valence-electron chi connectivity index (χ4n) is 2.31. The molecule has 0 spiro atoms. The Morgan fingerprint density at radius 2 is 1.68 bits per heavy atom. The first-order valence-corrected chi connectivity index (χ1v) is 7.73. The highest BCUT2D eigenvalue weighted by atomic mass is 32.2. The fourth-order valence-corrected chi connectivity index (χ4v) is 3.83. The number of aryl methyl sites for hydroxylation is 2. The molecule has 19 heavy (non-hydrogen) atoms. The van der Waals surface area contributed by atoms with Gasteiger partial charge in [-0.25, -0.2) is 4.39 Å². The molecule has 0 radical (unpaired) electrons. The van der Waals surface area contributed by atoms with Gasteiger partial charge < -0.3 is 4.55 Å². The summed E-state index contributed by atoms with van der Waals surface area (Å²) >= 11 is -1.23. The summed E-state index contributed by atoms with van der Waals surface area (Å²) in [5.41, 5.74) is 3.39. The lowest BCUT2D eigenvalue weighted by Gasteiger charge is -2.34. The third-order valence-electron chi connectivity index (χ3n) is 3.54. The van der Waals surface area contributed by atoms with Gasteiger partial charge in [0.1, 0.15) is 6.17 Å². The molecule has 1 aliphatic heterocycles. The van der Waals surface area contributed by atoms with Crippen LogP contribution in [0, 0.1) is 13.8 Å². The van der Waals surface area contributed by atoms with Crippen LogP contribution in [0.3, 0.4) is 0 Å². The number of benzene rings is 1. The smallest absolute Gasteiger partial charge is 0.179 e. The fraction of sp³-hybridized carbons (Fsp3) is 0.600. The van der Waals surface area contributed by atoms with Gasteiger partial charge in [-0.1, -0.05) is 32.9 Å². The Bertz CT molecular complexity index is 455. The van der Waals surface area contributed by atoms with Gasteiger partial charge in [-0.15, -0.1) is 4.31 Å². The van der Waals surface area contributed by atoms with Gasteiger partial charge in [0.05, 0.1) is 24.5 Å². The molecule has 4 heteroatoms. The predicted octanol–water partition coefficient (Wildman–Crippen LogP) is 3.28. The van der Waals surface area contributed by atoms with Crippen LogP contribution >= 0.6 is 0 Å². The molecule has 0 aromatic heterocycles. The minimum absolute atomic E-state index is 0.0797. The molecule has 1 aliphatic rings. The van der Waals surface area contributed by atoms with E-state index in [1.54, 1.807) is 4.31 Å². The maximum atomic E-state index is 12.9. The van der Waals surface area contributed by atoms with Crippen molar-refractivity contribution in [2.24, 2.45) is 0 Å². The van der Waals surface area contributed by atoms with E-state index in [0.29, 0.717) is 0 Å². The average Bonchev–Trinajstić information content (AvgIpc) is 2.22. The van der Waals surface area contributed by atoms with E-state index in [4.69, 9.17) is 0 Å². The highest BCUT2D eigenvalue weighted by Gasteiger charge is 2.38. The zero-order valence-corrected chi connectivity index (χ0v) is 13.1. The third-order valence-corrected chi connectivity index (χ3v) is 5.30. The SMILES string of the molecule is Cc1cc(C(C)(C)C)cc(C)c1[S+]([O-])N1CC(F)C1. The molecule has 1 unspecified atom stereocenters. The zero-order valence-electron chi connectivity index (χ0n) is 12.3. The molecule has 2 rings (SSSR count). The van der Waals surface area contributed by atoms with Crippen molar-refractivity contribution in [3.63, 3.8) is 0 Å². The summed E-state index contributed by atoms with van der Waals surface area (Å²) in [7, 11) is 0. The molecule has 1 heterocycles. The second-order valence-corrected chi connectivity index (χ2v) is 7.81. The Labute approximate surface area is 118 Å². The standard InChI is InChI=1S/C15H22FNOS/c1-10-6-12(15(3,4)5)7-11(2)14(10)19(18)17-8-13(16)9-17/h6-7,13H,8-9H2,1-5H3. The second kappa shape index (κ2) is 5.08. The summed E-state index contributed by atoms with van der Waals surface area (Å²) in [6.07, 6.45) is -0.821. The quantitative estimate of drug-likeness (QED) is 0.779. The maximum absolute atomic E-state index is 12.9. The summed E-state index contributed by atoms with van der Waals surface area (Å²) in [6.45, 7) is 11.0. The monoisotopic (exact) mass is 283 g/mol. The largest absolute Gasteiger partial charge is 0.593 e. The van der Waals surface area contributed by atoms with Crippen LogP contribution < -0.4 is 0 Å². The van der Waals surface area contributed by atoms with Crippen molar-refractivity contribution in [3.05, 3.63) is 28.8 Å². The molecule has 0 bridgehead atoms. The minimum Gasteiger partial charge on any atom is -0.593 e. The van der Waals surface area contributed by atoms with Gasteiger partial charge in [-0.05, 0) is 24.8 Å². The molecule has 0 N–H and O–H groups in total. The highest BCUT2D eigenvalue weighted by molar-refractivity contribution is 7.89. The Morgan fingerprint density at radius 1 is 1.21 bits per heavy atom. The lowest BCUT2D eigenvalue weighted by Crippen LogP contribution is -2.51. The molecule has 1 saturated heterocycles. The van der Waals surface area contributed by atoms with Crippen molar-refractivity contribution in [2.45, 2.75) is 51.1 Å². The van der Waals surface area contributed by atoms with Crippen LogP contribution in [0.15, 0.2) is 17.0 Å². The molecular formula is C15H22FNOS. The topological polar surface area (TPSA) is 26.3 Å². The molecule has 2 nitrogen and oxygen atoms in total. The summed E-state index contributed by atoms with van der Waals surface area (Å²) in [5, 5.41) is 0. The van der Waals surface area contributed by atoms with Crippen molar-refractivity contribution < 1.29 is 8.94 Å². The minimum atomic E-state index is -1.23. The Kier molecular flexibility index (Phi) is 3.96. The number of halogens is 1. The normalized spacial score (nSPS) is 19.3. The summed E-state index contributed by atoms with van der Waals surface area (Å²) < 4.78 is 27.0. The summed E-state index contributed by atoms with van der Waals surface area (Å²) in [4.78, 5) is 0.847. The lowest BCUT2D eigenvalue weighted by atomic mass is 9.85. The van der Waals surface area contributed by atoms with Crippen molar-refractivity contribution in [2.75, 3.05) is 13.1 Å². The van der Waals surface area contributed by atoms with Crippen LogP contribution in [0.4, 0.5) is 4.39 Å². The lowest BCUT2D eigenvalue weighted by molar-refractivity contribution is 0.141. The molecule has 0 amide bonds. The molecule has 0 aliphatic carbocycles. The zero-order chi connectivity index (χ0) is 14.4. The number of rotatable bonds is 2. The summed E-state index contributed by atoms with van der Waals surface area (Å²) in [6, 6.07) is 4.21.